The second-order valence-corrected chi connectivity index (χ2v) is 15.9. The number of hydrogen-bond acceptors (Lipinski definition) is 3. The zero-order valence-corrected chi connectivity index (χ0v) is 30.2. The molecule has 0 aliphatic heterocycles. The molecule has 1 unspecified atom stereocenters. The lowest BCUT2D eigenvalue weighted by molar-refractivity contribution is 0.0951. The van der Waals surface area contributed by atoms with Crippen LogP contribution in [0.5, 0.6) is 0 Å². The smallest absolute Gasteiger partial charge is 0.176 e. The number of hydrogen-bond donors (Lipinski definition) is 0. The van der Waals surface area contributed by atoms with Gasteiger partial charge in [-0.25, -0.2) is 8.42 Å². The third kappa shape index (κ3) is 7.00. The Morgan fingerprint density at radius 2 is 0.938 bits per heavy atom. The van der Waals surface area contributed by atoms with Gasteiger partial charge >= 0.3 is 0 Å². The normalized spacial score (nSPS) is 14.6. The summed E-state index contributed by atoms with van der Waals surface area (Å²) in [5.41, 5.74) is 11.3. The number of carbonyl (C=O) groups excluding carboxylic acids is 1. The van der Waals surface area contributed by atoms with Gasteiger partial charge in [-0.05, 0) is 61.6 Å². The first-order chi connectivity index (χ1) is 22.6. The van der Waals surface area contributed by atoms with Gasteiger partial charge in [0.2, 0.25) is 0 Å². The first-order valence-corrected chi connectivity index (χ1v) is 18.4. The maximum Gasteiger partial charge on any atom is 0.176 e. The molecule has 5 aromatic rings. The predicted molar refractivity (Wildman–Crippen MR) is 200 cm³/mol. The molecule has 4 heteroatoms. The lowest BCUT2D eigenvalue weighted by Crippen LogP contribution is -2.26. The number of allylic oxidation sites excluding steroid dienone is 1. The summed E-state index contributed by atoms with van der Waals surface area (Å²) in [7, 11) is -3.29. The largest absolute Gasteiger partial charge is 0.294 e. The number of ketones is 1. The van der Waals surface area contributed by atoms with Crippen molar-refractivity contribution in [2.75, 3.05) is 6.26 Å². The Bertz CT molecular complexity index is 2000. The number of aryl methyl sites for hydroxylation is 3. The van der Waals surface area contributed by atoms with Crippen LogP contribution in [-0.4, -0.2) is 20.5 Å². The highest BCUT2D eigenvalue weighted by Crippen LogP contribution is 2.40. The molecule has 0 amide bonds. The molecule has 1 atom stereocenters. The molecule has 1 aliphatic carbocycles. The van der Waals surface area contributed by atoms with Gasteiger partial charge in [0, 0.05) is 34.1 Å². The zero-order valence-electron chi connectivity index (χ0n) is 29.3. The SMILES string of the molecule is CC1C=Cc2c(cccc2S(C)(=O)=O)C1=O.Cc1ccc(C(C)(C)c2ccc(C(C)(c3ccc(C)cc3)c3ccc(C)cc3)cc2)cc1. The van der Waals surface area contributed by atoms with E-state index >= 15 is 0 Å². The summed E-state index contributed by atoms with van der Waals surface area (Å²) in [6.07, 6.45) is 4.61. The minimum atomic E-state index is -3.29. The van der Waals surface area contributed by atoms with E-state index in [4.69, 9.17) is 0 Å². The minimum Gasteiger partial charge on any atom is -0.294 e. The first kappa shape index (κ1) is 34.8. The molecule has 0 spiro atoms. The molecule has 0 aromatic heterocycles. The molecule has 0 heterocycles. The van der Waals surface area contributed by atoms with E-state index in [1.54, 1.807) is 31.2 Å². The van der Waals surface area contributed by atoms with Crippen molar-refractivity contribution >= 4 is 21.7 Å². The van der Waals surface area contributed by atoms with Crippen LogP contribution in [0.15, 0.2) is 126 Å². The Morgan fingerprint density at radius 3 is 1.35 bits per heavy atom. The van der Waals surface area contributed by atoms with E-state index < -0.39 is 9.84 Å². The highest BCUT2D eigenvalue weighted by atomic mass is 32.2. The molecule has 0 bridgehead atoms. The van der Waals surface area contributed by atoms with E-state index in [0.29, 0.717) is 11.1 Å². The summed E-state index contributed by atoms with van der Waals surface area (Å²) in [6, 6.07) is 41.0. The fourth-order valence-electron chi connectivity index (χ4n) is 6.46. The molecule has 0 radical (unpaired) electrons. The zero-order chi connectivity index (χ0) is 34.9. The lowest BCUT2D eigenvalue weighted by atomic mass is 9.70. The average molecular weight is 655 g/mol. The van der Waals surface area contributed by atoms with E-state index in [-0.39, 0.29) is 27.4 Å². The van der Waals surface area contributed by atoms with E-state index in [1.807, 2.05) is 0 Å². The van der Waals surface area contributed by atoms with Crippen LogP contribution in [0.25, 0.3) is 6.08 Å². The van der Waals surface area contributed by atoms with Crippen molar-refractivity contribution in [2.24, 2.45) is 5.92 Å². The summed E-state index contributed by atoms with van der Waals surface area (Å²) in [6.45, 7) is 15.2. The maximum absolute atomic E-state index is 11.8. The number of fused-ring (bicyclic) bond motifs is 1. The van der Waals surface area contributed by atoms with Gasteiger partial charge < -0.3 is 0 Å². The third-order valence-electron chi connectivity index (χ3n) is 9.91. The molecule has 0 N–H and O–H groups in total. The predicted octanol–water partition coefficient (Wildman–Crippen LogP) is 10.2. The van der Waals surface area contributed by atoms with E-state index in [9.17, 15) is 13.2 Å². The van der Waals surface area contributed by atoms with Crippen LogP contribution >= 0.6 is 0 Å². The summed E-state index contributed by atoms with van der Waals surface area (Å²) in [5.74, 6) is -0.203. The van der Waals surface area contributed by atoms with Crippen molar-refractivity contribution < 1.29 is 13.2 Å². The first-order valence-electron chi connectivity index (χ1n) is 16.5. The highest BCUT2D eigenvalue weighted by molar-refractivity contribution is 7.90. The highest BCUT2D eigenvalue weighted by Gasteiger charge is 2.32. The second kappa shape index (κ2) is 13.5. The molecule has 246 valence electrons. The Kier molecular flexibility index (Phi) is 9.80. The number of sulfone groups is 1. The minimum absolute atomic E-state index is 0.0250. The Labute approximate surface area is 287 Å². The topological polar surface area (TPSA) is 51.2 Å². The molecular weight excluding hydrogens is 609 g/mol. The van der Waals surface area contributed by atoms with Crippen LogP contribution in [0, 0.1) is 26.7 Å². The number of Topliss-reactive ketones (excluding diaryl/α,β-unsaturated/α-hetero) is 1. The van der Waals surface area contributed by atoms with E-state index in [2.05, 4.69) is 139 Å². The van der Waals surface area contributed by atoms with Crippen molar-refractivity contribution in [2.45, 2.75) is 64.2 Å². The van der Waals surface area contributed by atoms with Crippen LogP contribution in [-0.2, 0) is 20.7 Å². The van der Waals surface area contributed by atoms with Crippen LogP contribution in [0.1, 0.15) is 88.1 Å². The number of carbonyl (C=O) groups is 1. The molecule has 5 aromatic carbocycles. The standard InChI is InChI=1S/C32H34.C12H12O3S/c1-23-7-13-26(14-8-23)31(4,5)27-19-21-30(22-20-27)32(6,28-15-9-24(2)10-16-28)29-17-11-25(3)12-18-29;1-8-6-7-9-10(12(8)13)4-3-5-11(9)16(2,14)15/h7-22H,1-6H3;3-8H,1-2H3. The van der Waals surface area contributed by atoms with Crippen molar-refractivity contribution in [1.29, 1.82) is 0 Å². The van der Waals surface area contributed by atoms with Crippen molar-refractivity contribution in [3.63, 3.8) is 0 Å². The molecule has 6 rings (SSSR count). The lowest BCUT2D eigenvalue weighted by Gasteiger charge is -2.33. The average Bonchev–Trinajstić information content (AvgIpc) is 3.07. The number of rotatable bonds is 6. The molecule has 1 aliphatic rings. The van der Waals surface area contributed by atoms with E-state index in [1.165, 1.54) is 50.6 Å². The second-order valence-electron chi connectivity index (χ2n) is 13.9. The molecule has 0 saturated heterocycles. The summed E-state index contributed by atoms with van der Waals surface area (Å²) < 4.78 is 23.1. The summed E-state index contributed by atoms with van der Waals surface area (Å²) in [4.78, 5) is 12.1. The molecular formula is C44H46O3S. The summed E-state index contributed by atoms with van der Waals surface area (Å²) >= 11 is 0. The monoisotopic (exact) mass is 654 g/mol. The molecule has 3 nitrogen and oxygen atoms in total. The molecule has 0 saturated carbocycles. The number of benzene rings is 5. The fraction of sp³-hybridized carbons (Fsp3) is 0.250. The van der Waals surface area contributed by atoms with Crippen molar-refractivity contribution in [3.05, 3.63) is 177 Å². The van der Waals surface area contributed by atoms with Gasteiger partial charge in [0.15, 0.2) is 15.6 Å². The van der Waals surface area contributed by atoms with Crippen molar-refractivity contribution in [3.8, 4) is 0 Å². The maximum atomic E-state index is 11.8. The Morgan fingerprint density at radius 1 is 0.562 bits per heavy atom. The Balaban J connectivity index is 0.000000236. The van der Waals surface area contributed by atoms with Gasteiger partial charge in [-0.1, -0.05) is 159 Å². The van der Waals surface area contributed by atoms with Gasteiger partial charge in [0.05, 0.1) is 4.90 Å². The Hall–Kier alpha value is -4.54. The van der Waals surface area contributed by atoms with Gasteiger partial charge in [-0.2, -0.15) is 0 Å². The molecule has 48 heavy (non-hydrogen) atoms. The van der Waals surface area contributed by atoms with Crippen LogP contribution in [0.3, 0.4) is 0 Å². The van der Waals surface area contributed by atoms with Crippen LogP contribution in [0.2, 0.25) is 0 Å². The van der Waals surface area contributed by atoms with Crippen LogP contribution in [0.4, 0.5) is 0 Å². The third-order valence-corrected chi connectivity index (χ3v) is 11.1. The van der Waals surface area contributed by atoms with Crippen molar-refractivity contribution in [1.82, 2.24) is 0 Å². The fourth-order valence-corrected chi connectivity index (χ4v) is 7.36. The molecule has 0 fully saturated rings. The van der Waals surface area contributed by atoms with Crippen LogP contribution < -0.4 is 0 Å². The van der Waals surface area contributed by atoms with Gasteiger partial charge in [-0.3, -0.25) is 4.79 Å². The summed E-state index contributed by atoms with van der Waals surface area (Å²) in [5, 5.41) is 0. The van der Waals surface area contributed by atoms with Gasteiger partial charge in [0.1, 0.15) is 0 Å². The van der Waals surface area contributed by atoms with Gasteiger partial charge in [0.25, 0.3) is 0 Å². The quantitative estimate of drug-likeness (QED) is 0.171. The van der Waals surface area contributed by atoms with E-state index in [0.717, 1.165) is 6.26 Å². The van der Waals surface area contributed by atoms with Gasteiger partial charge in [-0.15, -0.1) is 0 Å².